The molecule has 0 saturated carbocycles. The summed E-state index contributed by atoms with van der Waals surface area (Å²) in [5, 5.41) is 5.19. The van der Waals surface area contributed by atoms with Crippen LogP contribution in [-0.2, 0) is 6.54 Å². The van der Waals surface area contributed by atoms with E-state index in [9.17, 15) is 9.59 Å². The predicted octanol–water partition coefficient (Wildman–Crippen LogP) is 3.54. The van der Waals surface area contributed by atoms with Crippen molar-refractivity contribution < 1.29 is 4.52 Å². The van der Waals surface area contributed by atoms with Crippen LogP contribution in [0.25, 0.3) is 44.8 Å². The van der Waals surface area contributed by atoms with E-state index in [-0.39, 0.29) is 5.92 Å². The molecule has 0 aliphatic heterocycles. The molecule has 2 N–H and O–H groups in total. The number of hydrogen-bond acceptors (Lipinski definition) is 5. The van der Waals surface area contributed by atoms with Crippen LogP contribution >= 0.6 is 0 Å². The number of fused-ring (bicyclic) bond motifs is 2. The molecule has 8 nitrogen and oxygen atoms in total. The second kappa shape index (κ2) is 6.84. The van der Waals surface area contributed by atoms with Gasteiger partial charge in [0.2, 0.25) is 5.82 Å². The fourth-order valence-electron chi connectivity index (χ4n) is 3.60. The Hall–Kier alpha value is -3.94. The minimum absolute atomic E-state index is 0.226. The van der Waals surface area contributed by atoms with Crippen LogP contribution in [0.15, 0.2) is 62.8 Å². The number of nitrogens with zero attached hydrogens (tertiary/aromatic N) is 3. The lowest BCUT2D eigenvalue weighted by atomic mass is 10.1. The van der Waals surface area contributed by atoms with Crippen LogP contribution < -0.4 is 11.1 Å². The van der Waals surface area contributed by atoms with E-state index in [2.05, 4.69) is 20.1 Å². The number of aromatic amines is 2. The molecular formula is C22H19N5O3. The van der Waals surface area contributed by atoms with Gasteiger partial charge < -0.3 is 19.1 Å². The van der Waals surface area contributed by atoms with Crippen molar-refractivity contribution in [2.45, 2.75) is 20.4 Å². The Morgan fingerprint density at radius 1 is 1.03 bits per heavy atom. The monoisotopic (exact) mass is 401 g/mol. The third-order valence-electron chi connectivity index (χ3n) is 5.01. The third kappa shape index (κ3) is 3.02. The average molecular weight is 401 g/mol. The molecular weight excluding hydrogens is 382 g/mol. The number of H-pyrrole nitrogens is 2. The van der Waals surface area contributed by atoms with E-state index in [1.807, 2.05) is 50.4 Å². The van der Waals surface area contributed by atoms with Gasteiger partial charge in [0.25, 0.3) is 5.89 Å². The molecule has 0 amide bonds. The van der Waals surface area contributed by atoms with Gasteiger partial charge in [-0.05, 0) is 47.7 Å². The first-order valence-corrected chi connectivity index (χ1v) is 9.68. The molecule has 0 saturated heterocycles. The molecule has 0 aliphatic carbocycles. The minimum atomic E-state index is -0.645. The second-order valence-corrected chi connectivity index (χ2v) is 7.70. The first-order chi connectivity index (χ1) is 14.5. The largest absolute Gasteiger partial charge is 0.361 e. The Kier molecular flexibility index (Phi) is 4.13. The summed E-state index contributed by atoms with van der Waals surface area (Å²) in [4.78, 5) is 34.7. The van der Waals surface area contributed by atoms with Gasteiger partial charge in [-0.2, -0.15) is 4.98 Å². The van der Waals surface area contributed by atoms with Gasteiger partial charge >= 0.3 is 11.1 Å². The molecule has 3 aromatic heterocycles. The number of rotatable bonds is 4. The molecule has 2 aromatic carbocycles. The number of nitrogens with one attached hydrogen (secondary N) is 2. The van der Waals surface area contributed by atoms with Gasteiger partial charge in [-0.15, -0.1) is 0 Å². The van der Waals surface area contributed by atoms with Crippen LogP contribution in [0.4, 0.5) is 0 Å². The van der Waals surface area contributed by atoms with E-state index in [0.717, 1.165) is 16.5 Å². The minimum Gasteiger partial charge on any atom is -0.361 e. The highest BCUT2D eigenvalue weighted by molar-refractivity contribution is 5.84. The zero-order valence-corrected chi connectivity index (χ0v) is 16.5. The lowest BCUT2D eigenvalue weighted by molar-refractivity contribution is 0.432. The summed E-state index contributed by atoms with van der Waals surface area (Å²) in [5.74, 6) is 1.03. The predicted molar refractivity (Wildman–Crippen MR) is 114 cm³/mol. The first-order valence-electron chi connectivity index (χ1n) is 9.68. The summed E-state index contributed by atoms with van der Waals surface area (Å²) in [7, 11) is 0. The third-order valence-corrected chi connectivity index (χ3v) is 5.01. The molecule has 0 spiro atoms. The number of benzene rings is 2. The smallest absolute Gasteiger partial charge is 0.316 e. The molecule has 0 fully saturated rings. The summed E-state index contributed by atoms with van der Waals surface area (Å²) < 4.78 is 6.97. The molecule has 0 bridgehead atoms. The van der Waals surface area contributed by atoms with Crippen molar-refractivity contribution in [3.63, 3.8) is 0 Å². The molecule has 0 unspecified atom stereocenters. The molecule has 8 heteroatoms. The van der Waals surface area contributed by atoms with E-state index in [1.54, 1.807) is 12.1 Å². The van der Waals surface area contributed by atoms with Crippen molar-refractivity contribution in [2.75, 3.05) is 0 Å². The van der Waals surface area contributed by atoms with Gasteiger partial charge in [0.15, 0.2) is 0 Å². The Balaban J connectivity index is 1.57. The van der Waals surface area contributed by atoms with Gasteiger partial charge in [0.05, 0.1) is 11.0 Å². The second-order valence-electron chi connectivity index (χ2n) is 7.70. The van der Waals surface area contributed by atoms with E-state index in [1.165, 1.54) is 4.57 Å². The summed E-state index contributed by atoms with van der Waals surface area (Å²) in [6.07, 6.45) is 1.88. The standard InChI is InChI=1S/C22H19N5O3/c1-12(2)11-27-18-6-5-14(9-17(18)24-20(28)22(27)29)19-25-21(30-26-19)15-4-3-13-7-8-23-16(13)10-15/h3-10,12,23H,11H2,1-2H3,(H,24,28). The Morgan fingerprint density at radius 2 is 1.83 bits per heavy atom. The Morgan fingerprint density at radius 3 is 2.67 bits per heavy atom. The molecule has 0 atom stereocenters. The molecule has 150 valence electrons. The summed E-state index contributed by atoms with van der Waals surface area (Å²) >= 11 is 0. The maximum Gasteiger partial charge on any atom is 0.316 e. The van der Waals surface area contributed by atoms with Crippen LogP contribution in [0.5, 0.6) is 0 Å². The van der Waals surface area contributed by atoms with E-state index in [0.29, 0.717) is 34.9 Å². The molecule has 0 radical (unpaired) electrons. The highest BCUT2D eigenvalue weighted by atomic mass is 16.5. The first kappa shape index (κ1) is 18.1. The van der Waals surface area contributed by atoms with Crippen molar-refractivity contribution in [3.05, 3.63) is 69.4 Å². The highest BCUT2D eigenvalue weighted by Crippen LogP contribution is 2.26. The van der Waals surface area contributed by atoms with Crippen LogP contribution in [0.2, 0.25) is 0 Å². The van der Waals surface area contributed by atoms with Gasteiger partial charge in [0, 0.05) is 29.4 Å². The van der Waals surface area contributed by atoms with Gasteiger partial charge in [-0.3, -0.25) is 9.59 Å². The van der Waals surface area contributed by atoms with Crippen LogP contribution in [0.3, 0.4) is 0 Å². The summed E-state index contributed by atoms with van der Waals surface area (Å²) in [6.45, 7) is 4.46. The van der Waals surface area contributed by atoms with E-state index >= 15 is 0 Å². The molecule has 5 rings (SSSR count). The van der Waals surface area contributed by atoms with Crippen molar-refractivity contribution >= 4 is 21.9 Å². The fourth-order valence-corrected chi connectivity index (χ4v) is 3.60. The number of hydrogen-bond donors (Lipinski definition) is 2. The zero-order chi connectivity index (χ0) is 20.8. The summed E-state index contributed by atoms with van der Waals surface area (Å²) in [5.41, 5.74) is 2.50. The van der Waals surface area contributed by atoms with Crippen LogP contribution in [0.1, 0.15) is 13.8 Å². The van der Waals surface area contributed by atoms with Gasteiger partial charge in [-0.25, -0.2) is 0 Å². The average Bonchev–Trinajstić information content (AvgIpc) is 3.39. The van der Waals surface area contributed by atoms with E-state index < -0.39 is 11.1 Å². The van der Waals surface area contributed by atoms with Crippen molar-refractivity contribution in [2.24, 2.45) is 5.92 Å². The topological polar surface area (TPSA) is 110 Å². The van der Waals surface area contributed by atoms with Crippen LogP contribution in [-0.4, -0.2) is 24.7 Å². The molecule has 30 heavy (non-hydrogen) atoms. The molecule has 3 heterocycles. The fraction of sp³-hybridized carbons (Fsp3) is 0.182. The van der Waals surface area contributed by atoms with Gasteiger partial charge in [0.1, 0.15) is 0 Å². The maximum absolute atomic E-state index is 12.3. The highest BCUT2D eigenvalue weighted by Gasteiger charge is 2.14. The van der Waals surface area contributed by atoms with Gasteiger partial charge in [-0.1, -0.05) is 25.1 Å². The van der Waals surface area contributed by atoms with Crippen molar-refractivity contribution in [1.82, 2.24) is 24.7 Å². The van der Waals surface area contributed by atoms with Crippen LogP contribution in [0, 0.1) is 5.92 Å². The lowest BCUT2D eigenvalue weighted by Gasteiger charge is -2.12. The zero-order valence-electron chi connectivity index (χ0n) is 16.5. The van der Waals surface area contributed by atoms with Crippen molar-refractivity contribution in [3.8, 4) is 22.8 Å². The normalized spacial score (nSPS) is 11.7. The maximum atomic E-state index is 12.3. The number of aromatic nitrogens is 5. The quantitative estimate of drug-likeness (QED) is 0.448. The Labute approximate surface area is 170 Å². The molecule has 0 aliphatic rings. The molecule has 5 aromatic rings. The summed E-state index contributed by atoms with van der Waals surface area (Å²) in [6, 6.07) is 13.2. The SMILES string of the molecule is CC(C)Cn1c(=O)c(=O)[nH]c2cc(-c3noc(-c4ccc5cc[nH]c5c4)n3)ccc21. The van der Waals surface area contributed by atoms with Crippen molar-refractivity contribution in [1.29, 1.82) is 0 Å². The van der Waals surface area contributed by atoms with E-state index in [4.69, 9.17) is 4.52 Å². The Bertz CT molecular complexity index is 1500. The lowest BCUT2D eigenvalue weighted by Crippen LogP contribution is -2.37.